The van der Waals surface area contributed by atoms with Gasteiger partial charge in [-0.25, -0.2) is 4.98 Å². The van der Waals surface area contributed by atoms with Gasteiger partial charge in [-0.15, -0.1) is 0 Å². The van der Waals surface area contributed by atoms with E-state index in [9.17, 15) is 0 Å². The van der Waals surface area contributed by atoms with Gasteiger partial charge in [-0.2, -0.15) is 0 Å². The maximum absolute atomic E-state index is 5.84. The normalized spacial score (nSPS) is 11.5. The molecule has 1 N–H and O–H groups in total. The van der Waals surface area contributed by atoms with Crippen LogP contribution in [0.3, 0.4) is 0 Å². The minimum absolute atomic E-state index is 0.458. The Labute approximate surface area is 127 Å². The lowest BCUT2D eigenvalue weighted by atomic mass is 10.1. The standard InChI is InChI=1S/C17H25N3O/c1-13(2)18-11-14-12-19-17(21-10-9-20(3)4)16-8-6-5-7-15(14)16/h5-8,12-13,18H,9-11H2,1-4H3. The molecule has 2 rings (SSSR count). The fraction of sp³-hybridized carbons (Fsp3) is 0.471. The van der Waals surface area contributed by atoms with Gasteiger partial charge in [0.15, 0.2) is 0 Å². The van der Waals surface area contributed by atoms with Gasteiger partial charge in [0.1, 0.15) is 6.61 Å². The lowest BCUT2D eigenvalue weighted by Gasteiger charge is -2.14. The number of rotatable bonds is 7. The first-order valence-electron chi connectivity index (χ1n) is 7.45. The minimum Gasteiger partial charge on any atom is -0.476 e. The quantitative estimate of drug-likeness (QED) is 0.849. The Morgan fingerprint density at radius 3 is 2.57 bits per heavy atom. The molecule has 0 spiro atoms. The fourth-order valence-electron chi connectivity index (χ4n) is 2.12. The lowest BCUT2D eigenvalue weighted by Crippen LogP contribution is -2.22. The number of hydrogen-bond donors (Lipinski definition) is 1. The van der Waals surface area contributed by atoms with Gasteiger partial charge in [-0.1, -0.05) is 32.0 Å². The number of nitrogens with zero attached hydrogens (tertiary/aromatic N) is 2. The van der Waals surface area contributed by atoms with Gasteiger partial charge in [0, 0.05) is 30.7 Å². The summed E-state index contributed by atoms with van der Waals surface area (Å²) in [5, 5.41) is 5.74. The monoisotopic (exact) mass is 287 g/mol. The van der Waals surface area contributed by atoms with Crippen LogP contribution in [0, 0.1) is 0 Å². The van der Waals surface area contributed by atoms with Crippen molar-refractivity contribution >= 4 is 10.8 Å². The largest absolute Gasteiger partial charge is 0.476 e. The third kappa shape index (κ3) is 4.41. The van der Waals surface area contributed by atoms with Gasteiger partial charge < -0.3 is 15.0 Å². The summed E-state index contributed by atoms with van der Waals surface area (Å²) in [6, 6.07) is 8.76. The molecule has 0 amide bonds. The number of ether oxygens (including phenoxy) is 1. The maximum atomic E-state index is 5.84. The Balaban J connectivity index is 2.22. The molecule has 21 heavy (non-hydrogen) atoms. The summed E-state index contributed by atoms with van der Waals surface area (Å²) in [4.78, 5) is 6.60. The van der Waals surface area contributed by atoms with Gasteiger partial charge in [0.2, 0.25) is 5.88 Å². The highest BCUT2D eigenvalue weighted by Crippen LogP contribution is 2.26. The summed E-state index contributed by atoms with van der Waals surface area (Å²) in [5.74, 6) is 0.723. The van der Waals surface area contributed by atoms with Gasteiger partial charge in [-0.3, -0.25) is 0 Å². The van der Waals surface area contributed by atoms with E-state index in [1.54, 1.807) is 0 Å². The van der Waals surface area contributed by atoms with Gasteiger partial charge in [-0.05, 0) is 31.1 Å². The van der Waals surface area contributed by atoms with Crippen LogP contribution < -0.4 is 10.1 Å². The Bertz CT molecular complexity index is 581. The van der Waals surface area contributed by atoms with E-state index in [0.717, 1.165) is 24.4 Å². The van der Waals surface area contributed by atoms with Crippen molar-refractivity contribution in [3.63, 3.8) is 0 Å². The zero-order valence-electron chi connectivity index (χ0n) is 13.4. The number of aromatic nitrogens is 1. The molecule has 1 aromatic carbocycles. The fourth-order valence-corrected chi connectivity index (χ4v) is 2.12. The van der Waals surface area contributed by atoms with Crippen LogP contribution in [0.5, 0.6) is 5.88 Å². The predicted octanol–water partition coefficient (Wildman–Crippen LogP) is 2.67. The van der Waals surface area contributed by atoms with Crippen molar-refractivity contribution in [1.29, 1.82) is 0 Å². The molecule has 1 heterocycles. The highest BCUT2D eigenvalue weighted by atomic mass is 16.5. The van der Waals surface area contributed by atoms with E-state index < -0.39 is 0 Å². The van der Waals surface area contributed by atoms with Crippen molar-refractivity contribution in [3.8, 4) is 5.88 Å². The van der Waals surface area contributed by atoms with Crippen LogP contribution >= 0.6 is 0 Å². The molecule has 4 nitrogen and oxygen atoms in total. The molecule has 1 aromatic heterocycles. The van der Waals surface area contributed by atoms with Crippen molar-refractivity contribution < 1.29 is 4.74 Å². The van der Waals surface area contributed by atoms with Crippen LogP contribution in [-0.4, -0.2) is 43.2 Å². The van der Waals surface area contributed by atoms with Crippen molar-refractivity contribution in [2.75, 3.05) is 27.2 Å². The Morgan fingerprint density at radius 2 is 1.90 bits per heavy atom. The first kappa shape index (κ1) is 15.7. The number of benzene rings is 1. The van der Waals surface area contributed by atoms with Crippen LogP contribution in [-0.2, 0) is 6.54 Å². The van der Waals surface area contributed by atoms with E-state index in [1.165, 1.54) is 10.9 Å². The summed E-state index contributed by atoms with van der Waals surface area (Å²) >= 11 is 0. The second-order valence-corrected chi connectivity index (χ2v) is 5.82. The average molecular weight is 287 g/mol. The van der Waals surface area contributed by atoms with Crippen LogP contribution in [0.15, 0.2) is 30.5 Å². The molecule has 4 heteroatoms. The number of hydrogen-bond acceptors (Lipinski definition) is 4. The topological polar surface area (TPSA) is 37.4 Å². The van der Waals surface area contributed by atoms with Gasteiger partial charge in [0.25, 0.3) is 0 Å². The first-order valence-corrected chi connectivity index (χ1v) is 7.45. The highest BCUT2D eigenvalue weighted by Gasteiger charge is 2.08. The van der Waals surface area contributed by atoms with Crippen molar-refractivity contribution in [2.24, 2.45) is 0 Å². The van der Waals surface area contributed by atoms with Crippen LogP contribution in [0.1, 0.15) is 19.4 Å². The molecule has 0 aliphatic rings. The summed E-state index contributed by atoms with van der Waals surface area (Å²) in [7, 11) is 4.07. The molecule has 0 radical (unpaired) electrons. The number of nitrogens with one attached hydrogen (secondary N) is 1. The molecule has 0 bridgehead atoms. The molecule has 0 unspecified atom stereocenters. The Hall–Kier alpha value is -1.65. The van der Waals surface area contributed by atoms with Crippen molar-refractivity contribution in [2.45, 2.75) is 26.4 Å². The molecular weight excluding hydrogens is 262 g/mol. The summed E-state index contributed by atoms with van der Waals surface area (Å²) in [6.45, 7) is 6.64. The zero-order valence-corrected chi connectivity index (χ0v) is 13.4. The Morgan fingerprint density at radius 1 is 1.19 bits per heavy atom. The Kier molecular flexibility index (Phi) is 5.53. The summed E-state index contributed by atoms with van der Waals surface area (Å²) in [6.07, 6.45) is 1.92. The SMILES string of the molecule is CC(C)NCc1cnc(OCCN(C)C)c2ccccc12. The molecule has 0 saturated heterocycles. The second-order valence-electron chi connectivity index (χ2n) is 5.82. The zero-order chi connectivity index (χ0) is 15.2. The summed E-state index contributed by atoms with van der Waals surface area (Å²) in [5.41, 5.74) is 1.21. The van der Waals surface area contributed by atoms with E-state index in [-0.39, 0.29) is 0 Å². The van der Waals surface area contributed by atoms with Crippen molar-refractivity contribution in [3.05, 3.63) is 36.0 Å². The molecule has 0 saturated carbocycles. The minimum atomic E-state index is 0.458. The number of pyridine rings is 1. The lowest BCUT2D eigenvalue weighted by molar-refractivity contribution is 0.256. The molecule has 0 aliphatic carbocycles. The first-order chi connectivity index (χ1) is 10.1. The third-order valence-electron chi connectivity index (χ3n) is 3.32. The summed E-state index contributed by atoms with van der Waals surface area (Å²) < 4.78 is 5.84. The van der Waals surface area contributed by atoms with E-state index in [2.05, 4.69) is 47.2 Å². The van der Waals surface area contributed by atoms with E-state index >= 15 is 0 Å². The molecule has 114 valence electrons. The van der Waals surface area contributed by atoms with Crippen molar-refractivity contribution in [1.82, 2.24) is 15.2 Å². The average Bonchev–Trinajstić information content (AvgIpc) is 2.45. The van der Waals surface area contributed by atoms with Crippen LogP contribution in [0.2, 0.25) is 0 Å². The molecular formula is C17H25N3O. The second kappa shape index (κ2) is 7.38. The van der Waals surface area contributed by atoms with Gasteiger partial charge >= 0.3 is 0 Å². The van der Waals surface area contributed by atoms with Crippen LogP contribution in [0.4, 0.5) is 0 Å². The van der Waals surface area contributed by atoms with E-state index in [4.69, 9.17) is 4.74 Å². The smallest absolute Gasteiger partial charge is 0.221 e. The van der Waals surface area contributed by atoms with E-state index in [1.807, 2.05) is 26.4 Å². The van der Waals surface area contributed by atoms with Crippen LogP contribution in [0.25, 0.3) is 10.8 Å². The molecule has 0 fully saturated rings. The molecule has 0 aliphatic heterocycles. The van der Waals surface area contributed by atoms with E-state index in [0.29, 0.717) is 12.6 Å². The maximum Gasteiger partial charge on any atom is 0.221 e. The van der Waals surface area contributed by atoms with Gasteiger partial charge in [0.05, 0.1) is 0 Å². The molecule has 0 atom stereocenters. The number of likely N-dealkylation sites (N-methyl/N-ethyl adjacent to an activating group) is 1. The number of fused-ring (bicyclic) bond motifs is 1. The molecule has 2 aromatic rings. The highest BCUT2D eigenvalue weighted by molar-refractivity contribution is 5.89. The third-order valence-corrected chi connectivity index (χ3v) is 3.32. The predicted molar refractivity (Wildman–Crippen MR) is 87.8 cm³/mol.